The molecule has 0 bridgehead atoms. The van der Waals surface area contributed by atoms with Gasteiger partial charge in [-0.3, -0.25) is 9.59 Å². The Morgan fingerprint density at radius 2 is 1.52 bits per heavy atom. The number of aromatic nitrogens is 2. The van der Waals surface area contributed by atoms with Gasteiger partial charge >= 0.3 is 0 Å². The maximum Gasteiger partial charge on any atom is 0.272 e. The summed E-state index contributed by atoms with van der Waals surface area (Å²) in [5.41, 5.74) is 11.0. The largest absolute Gasteiger partial charge is 0.397 e. The fraction of sp³-hybridized carbons (Fsp3) is 0.120. The predicted molar refractivity (Wildman–Crippen MR) is 123 cm³/mol. The summed E-state index contributed by atoms with van der Waals surface area (Å²) in [6, 6.07) is 20.8. The first kappa shape index (κ1) is 20.2. The van der Waals surface area contributed by atoms with E-state index >= 15 is 0 Å². The molecule has 4 rings (SSSR count). The Balaban J connectivity index is 1.48. The lowest BCUT2D eigenvalue weighted by atomic mass is 10.1. The van der Waals surface area contributed by atoms with Crippen LogP contribution in [0.3, 0.4) is 0 Å². The van der Waals surface area contributed by atoms with Crippen LogP contribution in [-0.4, -0.2) is 20.8 Å². The van der Waals surface area contributed by atoms with Crippen molar-refractivity contribution >= 4 is 23.1 Å². The Morgan fingerprint density at radius 3 is 2.16 bits per heavy atom. The van der Waals surface area contributed by atoms with E-state index in [2.05, 4.69) is 5.32 Å². The number of benzene rings is 2. The molecular weight excluding hydrogens is 388 g/mol. The molecule has 2 aromatic carbocycles. The molecule has 2 aromatic heterocycles. The van der Waals surface area contributed by atoms with Gasteiger partial charge in [-0.1, -0.05) is 42.5 Å². The third kappa shape index (κ3) is 4.43. The van der Waals surface area contributed by atoms with Gasteiger partial charge in [-0.05, 0) is 35.4 Å². The summed E-state index contributed by atoms with van der Waals surface area (Å²) in [4.78, 5) is 25.2. The van der Waals surface area contributed by atoms with Crippen molar-refractivity contribution < 1.29 is 9.59 Å². The van der Waals surface area contributed by atoms with Crippen LogP contribution in [-0.2, 0) is 20.5 Å². The maximum atomic E-state index is 12.7. The van der Waals surface area contributed by atoms with Crippen LogP contribution in [0.1, 0.15) is 26.5 Å². The second kappa shape index (κ2) is 8.36. The highest BCUT2D eigenvalue weighted by molar-refractivity contribution is 6.04. The van der Waals surface area contributed by atoms with Gasteiger partial charge in [0.05, 0.1) is 11.4 Å². The zero-order valence-corrected chi connectivity index (χ0v) is 17.5. The van der Waals surface area contributed by atoms with Gasteiger partial charge < -0.3 is 20.2 Å². The van der Waals surface area contributed by atoms with Crippen molar-refractivity contribution in [3.63, 3.8) is 0 Å². The molecule has 1 amide bonds. The molecule has 4 aromatic rings. The smallest absolute Gasteiger partial charge is 0.272 e. The van der Waals surface area contributed by atoms with Crippen LogP contribution < -0.4 is 11.1 Å². The zero-order chi connectivity index (χ0) is 22.0. The molecular formula is C25H24N4O2. The number of nitrogen functional groups attached to an aromatic ring is 1. The first-order chi connectivity index (χ1) is 14.9. The van der Waals surface area contributed by atoms with E-state index in [0.29, 0.717) is 29.2 Å². The molecule has 0 aliphatic heterocycles. The van der Waals surface area contributed by atoms with Crippen LogP contribution >= 0.6 is 0 Å². The second-order valence-electron chi connectivity index (χ2n) is 7.61. The quantitative estimate of drug-likeness (QED) is 0.464. The minimum atomic E-state index is -0.222. The molecule has 0 atom stereocenters. The number of rotatable bonds is 6. The van der Waals surface area contributed by atoms with Crippen LogP contribution in [0, 0.1) is 0 Å². The molecule has 0 fully saturated rings. The van der Waals surface area contributed by atoms with Crippen molar-refractivity contribution in [1.29, 1.82) is 0 Å². The molecule has 2 heterocycles. The number of hydrogen-bond acceptors (Lipinski definition) is 3. The number of amides is 1. The lowest BCUT2D eigenvalue weighted by molar-refractivity contribution is 0.0983. The number of nitrogens with zero attached hydrogens (tertiary/aromatic N) is 2. The van der Waals surface area contributed by atoms with E-state index in [1.165, 1.54) is 0 Å². The zero-order valence-electron chi connectivity index (χ0n) is 17.5. The molecule has 0 saturated carbocycles. The number of nitrogens with one attached hydrogen (secondary N) is 1. The molecule has 6 heteroatoms. The molecule has 0 radical (unpaired) electrons. The summed E-state index contributed by atoms with van der Waals surface area (Å²) in [5.74, 6) is -0.147. The van der Waals surface area contributed by atoms with E-state index in [9.17, 15) is 9.59 Å². The van der Waals surface area contributed by atoms with Crippen LogP contribution in [0.2, 0.25) is 0 Å². The Hall–Kier alpha value is -4.06. The first-order valence-electron chi connectivity index (χ1n) is 9.98. The predicted octanol–water partition coefficient (Wildman–Crippen LogP) is 4.29. The van der Waals surface area contributed by atoms with E-state index in [4.69, 9.17) is 5.73 Å². The molecule has 0 saturated heterocycles. The van der Waals surface area contributed by atoms with Gasteiger partial charge in [0, 0.05) is 44.2 Å². The van der Waals surface area contributed by atoms with Crippen molar-refractivity contribution in [3.8, 4) is 11.1 Å². The van der Waals surface area contributed by atoms with Gasteiger partial charge in [0.25, 0.3) is 5.91 Å². The van der Waals surface area contributed by atoms with Crippen molar-refractivity contribution in [2.75, 3.05) is 11.1 Å². The highest BCUT2D eigenvalue weighted by atomic mass is 16.2. The summed E-state index contributed by atoms with van der Waals surface area (Å²) in [6.45, 7) is 0. The number of Topliss-reactive ketones (excluding diaryl/α,β-unsaturated/α-hetero) is 1. The number of hydrogen-bond donors (Lipinski definition) is 2. The average Bonchev–Trinajstić information content (AvgIpc) is 3.31. The van der Waals surface area contributed by atoms with Gasteiger partial charge in [-0.15, -0.1) is 0 Å². The van der Waals surface area contributed by atoms with Gasteiger partial charge in [-0.25, -0.2) is 0 Å². The highest BCUT2D eigenvalue weighted by Gasteiger charge is 2.14. The summed E-state index contributed by atoms with van der Waals surface area (Å²) in [5, 5.41) is 2.88. The Morgan fingerprint density at radius 1 is 0.839 bits per heavy atom. The van der Waals surface area contributed by atoms with Gasteiger partial charge in [0.15, 0.2) is 5.78 Å². The number of carbonyl (C=O) groups is 2. The second-order valence-corrected chi connectivity index (χ2v) is 7.61. The van der Waals surface area contributed by atoms with E-state index in [0.717, 1.165) is 16.7 Å². The minimum absolute atomic E-state index is 0.0747. The maximum absolute atomic E-state index is 12.7. The third-order valence-corrected chi connectivity index (χ3v) is 5.23. The number of ketones is 1. The fourth-order valence-corrected chi connectivity index (χ4v) is 3.63. The summed E-state index contributed by atoms with van der Waals surface area (Å²) in [7, 11) is 3.66. The standard InChI is InChI=1S/C25H24N4O2/c1-28-15-19(13-22(28)24(30)12-17-6-4-3-5-7-17)18-8-10-21(11-9-18)27-25(31)23-14-20(26)16-29(23)2/h3-11,13-16H,12,26H2,1-2H3,(H,27,31). The lowest BCUT2D eigenvalue weighted by Crippen LogP contribution is -2.15. The number of carbonyl (C=O) groups excluding carboxylic acids is 2. The number of aryl methyl sites for hydroxylation is 2. The topological polar surface area (TPSA) is 82.0 Å². The summed E-state index contributed by atoms with van der Waals surface area (Å²) in [6.07, 6.45) is 4.01. The molecule has 6 nitrogen and oxygen atoms in total. The van der Waals surface area contributed by atoms with Crippen molar-refractivity contribution in [3.05, 3.63) is 96.1 Å². The molecule has 3 N–H and O–H groups in total. The van der Waals surface area contributed by atoms with Crippen molar-refractivity contribution in [2.24, 2.45) is 14.1 Å². The molecule has 0 aliphatic carbocycles. The molecule has 156 valence electrons. The Kier molecular flexibility index (Phi) is 5.45. The van der Waals surface area contributed by atoms with E-state index in [1.807, 2.05) is 78.5 Å². The third-order valence-electron chi connectivity index (χ3n) is 5.23. The Bertz CT molecular complexity index is 1230. The van der Waals surface area contributed by atoms with Crippen LogP contribution in [0.4, 0.5) is 11.4 Å². The molecule has 0 spiro atoms. The summed E-state index contributed by atoms with van der Waals surface area (Å²) < 4.78 is 3.55. The SMILES string of the molecule is Cn1cc(-c2ccc(NC(=O)c3cc(N)cn3C)cc2)cc1C(=O)Cc1ccccc1. The van der Waals surface area contributed by atoms with Crippen LogP contribution in [0.5, 0.6) is 0 Å². The summed E-state index contributed by atoms with van der Waals surface area (Å²) >= 11 is 0. The van der Waals surface area contributed by atoms with E-state index in [1.54, 1.807) is 23.9 Å². The average molecular weight is 412 g/mol. The molecule has 0 unspecified atom stereocenters. The number of nitrogens with two attached hydrogens (primary N) is 1. The highest BCUT2D eigenvalue weighted by Crippen LogP contribution is 2.25. The number of anilines is 2. The van der Waals surface area contributed by atoms with Gasteiger partial charge in [0.2, 0.25) is 0 Å². The lowest BCUT2D eigenvalue weighted by Gasteiger charge is -2.07. The molecule has 0 aliphatic rings. The minimum Gasteiger partial charge on any atom is -0.397 e. The van der Waals surface area contributed by atoms with E-state index < -0.39 is 0 Å². The van der Waals surface area contributed by atoms with Gasteiger partial charge in [-0.2, -0.15) is 0 Å². The fourth-order valence-electron chi connectivity index (χ4n) is 3.63. The van der Waals surface area contributed by atoms with Crippen molar-refractivity contribution in [2.45, 2.75) is 6.42 Å². The van der Waals surface area contributed by atoms with Crippen molar-refractivity contribution in [1.82, 2.24) is 9.13 Å². The monoisotopic (exact) mass is 412 g/mol. The molecule has 31 heavy (non-hydrogen) atoms. The normalized spacial score (nSPS) is 10.8. The first-order valence-corrected chi connectivity index (χ1v) is 9.98. The van der Waals surface area contributed by atoms with Crippen LogP contribution in [0.25, 0.3) is 11.1 Å². The Labute approximate surface area is 180 Å². The van der Waals surface area contributed by atoms with E-state index in [-0.39, 0.29) is 11.7 Å². The van der Waals surface area contributed by atoms with Crippen LogP contribution in [0.15, 0.2) is 79.1 Å². The van der Waals surface area contributed by atoms with Gasteiger partial charge in [0.1, 0.15) is 5.69 Å².